The highest BCUT2D eigenvalue weighted by molar-refractivity contribution is 8.15. The molecule has 1 atom stereocenters. The van der Waals surface area contributed by atoms with Crippen LogP contribution in [0.3, 0.4) is 0 Å². The molecule has 1 aromatic heterocycles. The fraction of sp³-hybridized carbons (Fsp3) is 0.222. The summed E-state index contributed by atoms with van der Waals surface area (Å²) in [6.07, 6.45) is 3.39. The lowest BCUT2D eigenvalue weighted by molar-refractivity contribution is -0.127. The average molecular weight is 387 g/mol. The zero-order chi connectivity index (χ0) is 18.5. The Kier molecular flexibility index (Phi) is 5.85. The third kappa shape index (κ3) is 4.39. The number of amides is 2. The van der Waals surface area contributed by atoms with Crippen LogP contribution in [-0.2, 0) is 9.59 Å². The first-order chi connectivity index (χ1) is 12.6. The van der Waals surface area contributed by atoms with Crippen molar-refractivity contribution >= 4 is 50.9 Å². The van der Waals surface area contributed by atoms with Gasteiger partial charge in [0.05, 0.1) is 0 Å². The lowest BCUT2D eigenvalue weighted by Gasteiger charge is -2.13. The first kappa shape index (κ1) is 18.3. The van der Waals surface area contributed by atoms with Gasteiger partial charge in [0, 0.05) is 30.2 Å². The number of rotatable bonds is 6. The van der Waals surface area contributed by atoms with Gasteiger partial charge in [-0.05, 0) is 19.1 Å². The number of amidine groups is 1. The van der Waals surface area contributed by atoms with Crippen molar-refractivity contribution in [1.82, 2.24) is 9.88 Å². The van der Waals surface area contributed by atoms with E-state index in [2.05, 4.69) is 21.9 Å². The Bertz CT molecular complexity index is 831. The molecule has 1 N–H and O–H groups in total. The number of aryl methyl sites for hydroxylation is 1. The molecule has 2 heterocycles. The fourth-order valence-electron chi connectivity index (χ4n) is 2.39. The number of thiazole rings is 1. The monoisotopic (exact) mass is 386 g/mol. The van der Waals surface area contributed by atoms with Gasteiger partial charge in [0.15, 0.2) is 5.17 Å². The first-order valence-corrected chi connectivity index (χ1v) is 9.76. The molecule has 3 rings (SSSR count). The molecule has 1 aromatic carbocycles. The smallest absolute Gasteiger partial charge is 0.242 e. The van der Waals surface area contributed by atoms with Crippen molar-refractivity contribution < 1.29 is 9.59 Å². The van der Waals surface area contributed by atoms with E-state index in [4.69, 9.17) is 0 Å². The minimum Gasteiger partial charge on any atom is -0.326 e. The van der Waals surface area contributed by atoms with Gasteiger partial charge in [-0.1, -0.05) is 35.5 Å². The summed E-state index contributed by atoms with van der Waals surface area (Å²) >= 11 is 2.68. The van der Waals surface area contributed by atoms with E-state index in [0.29, 0.717) is 16.8 Å². The summed E-state index contributed by atoms with van der Waals surface area (Å²) in [6.45, 7) is 6.02. The van der Waals surface area contributed by atoms with E-state index in [1.54, 1.807) is 17.2 Å². The van der Waals surface area contributed by atoms with Gasteiger partial charge in [-0.2, -0.15) is 4.99 Å². The Hall–Kier alpha value is -2.45. The van der Waals surface area contributed by atoms with Crippen LogP contribution in [0.2, 0.25) is 0 Å². The Balaban J connectivity index is 1.69. The van der Waals surface area contributed by atoms with Gasteiger partial charge in [-0.15, -0.1) is 17.9 Å². The van der Waals surface area contributed by atoms with E-state index in [1.165, 1.54) is 23.1 Å². The average Bonchev–Trinajstić information content (AvgIpc) is 3.22. The van der Waals surface area contributed by atoms with Crippen LogP contribution in [0.1, 0.15) is 12.0 Å². The molecule has 1 unspecified atom stereocenters. The fourth-order valence-corrected chi connectivity index (χ4v) is 4.10. The van der Waals surface area contributed by atoms with Crippen molar-refractivity contribution in [3.63, 3.8) is 0 Å². The minimum absolute atomic E-state index is 0.0852. The summed E-state index contributed by atoms with van der Waals surface area (Å²) in [6, 6.07) is 7.54. The van der Waals surface area contributed by atoms with Crippen molar-refractivity contribution in [2.45, 2.75) is 18.6 Å². The molecule has 0 saturated carbocycles. The van der Waals surface area contributed by atoms with Gasteiger partial charge in [-0.3, -0.25) is 14.5 Å². The normalized spacial score (nSPS) is 18.3. The van der Waals surface area contributed by atoms with Gasteiger partial charge in [0.2, 0.25) is 16.9 Å². The summed E-state index contributed by atoms with van der Waals surface area (Å²) in [5, 5.41) is 5.29. The van der Waals surface area contributed by atoms with E-state index < -0.39 is 5.25 Å². The molecule has 1 aliphatic rings. The predicted octanol–water partition coefficient (Wildman–Crippen LogP) is 3.60. The number of hydrogen-bond acceptors (Lipinski definition) is 6. The van der Waals surface area contributed by atoms with Gasteiger partial charge < -0.3 is 5.32 Å². The van der Waals surface area contributed by atoms with Gasteiger partial charge in [0.1, 0.15) is 5.25 Å². The van der Waals surface area contributed by atoms with Crippen molar-refractivity contribution in [1.29, 1.82) is 0 Å². The minimum atomic E-state index is -0.501. The van der Waals surface area contributed by atoms with Crippen LogP contribution in [0.5, 0.6) is 0 Å². The van der Waals surface area contributed by atoms with E-state index in [1.807, 2.05) is 36.6 Å². The SMILES string of the molecule is C=CCN1C(=O)C(CC(=O)Nc2ccc(C)cc2)S/C1=N/c1nccs1. The van der Waals surface area contributed by atoms with Gasteiger partial charge in [0.25, 0.3) is 0 Å². The van der Waals surface area contributed by atoms with E-state index in [0.717, 1.165) is 11.3 Å². The summed E-state index contributed by atoms with van der Waals surface area (Å²) in [5.41, 5.74) is 1.84. The Morgan fingerprint density at radius 2 is 2.19 bits per heavy atom. The number of carbonyl (C=O) groups excluding carboxylic acids is 2. The Morgan fingerprint density at radius 3 is 2.85 bits per heavy atom. The molecule has 2 aromatic rings. The van der Waals surface area contributed by atoms with Crippen LogP contribution < -0.4 is 5.32 Å². The molecule has 1 saturated heterocycles. The molecule has 0 spiro atoms. The highest BCUT2D eigenvalue weighted by Crippen LogP contribution is 2.32. The number of nitrogens with one attached hydrogen (secondary N) is 1. The Morgan fingerprint density at radius 1 is 1.42 bits per heavy atom. The highest BCUT2D eigenvalue weighted by atomic mass is 32.2. The van der Waals surface area contributed by atoms with Crippen LogP contribution in [0.25, 0.3) is 0 Å². The molecular formula is C18H18N4O2S2. The topological polar surface area (TPSA) is 74.7 Å². The maximum atomic E-state index is 12.6. The number of benzene rings is 1. The molecule has 1 fully saturated rings. The summed E-state index contributed by atoms with van der Waals surface area (Å²) < 4.78 is 0. The molecule has 6 nitrogen and oxygen atoms in total. The molecule has 0 aliphatic carbocycles. The van der Waals surface area contributed by atoms with Crippen molar-refractivity contribution in [3.8, 4) is 0 Å². The lowest BCUT2D eigenvalue weighted by atomic mass is 10.2. The van der Waals surface area contributed by atoms with Crippen LogP contribution in [-0.4, -0.2) is 38.7 Å². The predicted molar refractivity (Wildman–Crippen MR) is 107 cm³/mol. The van der Waals surface area contributed by atoms with Gasteiger partial charge >= 0.3 is 0 Å². The summed E-state index contributed by atoms with van der Waals surface area (Å²) in [7, 11) is 0. The van der Waals surface area contributed by atoms with Crippen molar-refractivity contribution in [3.05, 3.63) is 54.1 Å². The second-order valence-corrected chi connectivity index (χ2v) is 7.71. The largest absolute Gasteiger partial charge is 0.326 e. The van der Waals surface area contributed by atoms with Crippen LogP contribution in [0.4, 0.5) is 10.8 Å². The molecule has 0 radical (unpaired) electrons. The van der Waals surface area contributed by atoms with Crippen LogP contribution in [0.15, 0.2) is 53.5 Å². The third-order valence-corrected chi connectivity index (χ3v) is 5.49. The third-order valence-electron chi connectivity index (χ3n) is 3.65. The van der Waals surface area contributed by atoms with E-state index in [9.17, 15) is 9.59 Å². The van der Waals surface area contributed by atoms with E-state index in [-0.39, 0.29) is 18.2 Å². The number of thioether (sulfide) groups is 1. The molecule has 0 bridgehead atoms. The quantitative estimate of drug-likeness (QED) is 0.770. The molecule has 2 amide bonds. The number of carbonyl (C=O) groups is 2. The summed E-state index contributed by atoms with van der Waals surface area (Å²) in [5.74, 6) is -0.335. The van der Waals surface area contributed by atoms with Crippen molar-refractivity contribution in [2.24, 2.45) is 4.99 Å². The zero-order valence-electron chi connectivity index (χ0n) is 14.2. The van der Waals surface area contributed by atoms with Gasteiger partial charge in [-0.25, -0.2) is 4.98 Å². The molecule has 26 heavy (non-hydrogen) atoms. The van der Waals surface area contributed by atoms with Crippen LogP contribution >= 0.6 is 23.1 Å². The standard InChI is InChI=1S/C18H18N4O2S2/c1-3-9-22-16(24)14(26-18(22)21-17-19-8-10-25-17)11-15(23)20-13-6-4-12(2)5-7-13/h3-8,10,14H,1,9,11H2,2H3,(H,20,23)/b21-18+. The highest BCUT2D eigenvalue weighted by Gasteiger charge is 2.38. The number of hydrogen-bond donors (Lipinski definition) is 1. The molecular weight excluding hydrogens is 368 g/mol. The number of aliphatic imine (C=N–C) groups is 1. The number of aromatic nitrogens is 1. The Labute approximate surface area is 160 Å². The lowest BCUT2D eigenvalue weighted by Crippen LogP contribution is -2.33. The maximum Gasteiger partial charge on any atom is 0.242 e. The second kappa shape index (κ2) is 8.29. The van der Waals surface area contributed by atoms with Crippen molar-refractivity contribution in [2.75, 3.05) is 11.9 Å². The summed E-state index contributed by atoms with van der Waals surface area (Å²) in [4.78, 5) is 35.1. The zero-order valence-corrected chi connectivity index (χ0v) is 15.8. The molecule has 1 aliphatic heterocycles. The first-order valence-electron chi connectivity index (χ1n) is 8.00. The maximum absolute atomic E-state index is 12.6. The second-order valence-electron chi connectivity index (χ2n) is 5.67. The number of anilines is 1. The number of nitrogens with zero attached hydrogens (tertiary/aromatic N) is 3. The van der Waals surface area contributed by atoms with E-state index >= 15 is 0 Å². The van der Waals surface area contributed by atoms with Crippen LogP contribution in [0, 0.1) is 6.92 Å². The molecule has 8 heteroatoms. The molecule has 134 valence electrons.